The van der Waals surface area contributed by atoms with Gasteiger partial charge in [-0.3, -0.25) is 0 Å². The molecule has 5 nitrogen and oxygen atoms in total. The Balaban J connectivity index is 0.00000400. The summed E-state index contributed by atoms with van der Waals surface area (Å²) >= 11 is 0. The van der Waals surface area contributed by atoms with Gasteiger partial charge in [0.25, 0.3) is 0 Å². The number of hydrogen-bond donors (Lipinski definition) is 2. The van der Waals surface area contributed by atoms with Gasteiger partial charge in [-0.25, -0.2) is 4.79 Å². The van der Waals surface area contributed by atoms with Crippen LogP contribution >= 0.6 is 13.5 Å². The van der Waals surface area contributed by atoms with Gasteiger partial charge in [0, 0.05) is 6.54 Å². The number of ether oxygens (including phenoxy) is 2. The lowest BCUT2D eigenvalue weighted by Gasteiger charge is -2.21. The van der Waals surface area contributed by atoms with E-state index in [0.717, 1.165) is 5.56 Å². The molecule has 0 unspecified atom stereocenters. The molecule has 0 aliphatic carbocycles. The Morgan fingerprint density at radius 3 is 2.43 bits per heavy atom. The van der Waals surface area contributed by atoms with E-state index in [1.807, 2.05) is 30.3 Å². The number of amides is 1. The Morgan fingerprint density at radius 2 is 1.90 bits per heavy atom. The van der Waals surface area contributed by atoms with Gasteiger partial charge in [0.05, 0.1) is 19.3 Å². The summed E-state index contributed by atoms with van der Waals surface area (Å²) < 4.78 is 10.6. The van der Waals surface area contributed by atoms with Crippen molar-refractivity contribution in [2.24, 2.45) is 0 Å². The average molecular weight is 315 g/mol. The highest BCUT2D eigenvalue weighted by Gasteiger charge is 2.17. The lowest BCUT2D eigenvalue weighted by Crippen LogP contribution is -2.39. The summed E-state index contributed by atoms with van der Waals surface area (Å²) in [4.78, 5) is 11.5. The highest BCUT2D eigenvalue weighted by atomic mass is 32.1. The zero-order valence-electron chi connectivity index (χ0n) is 12.8. The third kappa shape index (κ3) is 9.33. The van der Waals surface area contributed by atoms with E-state index in [1.54, 1.807) is 20.8 Å². The first kappa shape index (κ1) is 19.8. The predicted octanol–water partition coefficient (Wildman–Crippen LogP) is 2.20. The van der Waals surface area contributed by atoms with Crippen LogP contribution in [0, 0.1) is 0 Å². The number of nitrogens with one attached hydrogen (secondary N) is 1. The van der Waals surface area contributed by atoms with Gasteiger partial charge < -0.3 is 19.9 Å². The van der Waals surface area contributed by atoms with E-state index in [4.69, 9.17) is 9.47 Å². The molecule has 0 saturated carbocycles. The van der Waals surface area contributed by atoms with Gasteiger partial charge in [-0.05, 0) is 26.3 Å². The van der Waals surface area contributed by atoms with Crippen LogP contribution in [0.15, 0.2) is 30.3 Å². The first-order valence-corrected chi connectivity index (χ1v) is 6.64. The predicted molar refractivity (Wildman–Crippen MR) is 86.7 cm³/mol. The molecule has 0 aliphatic rings. The minimum absolute atomic E-state index is 0. The van der Waals surface area contributed by atoms with Crippen molar-refractivity contribution in [2.45, 2.75) is 39.1 Å². The van der Waals surface area contributed by atoms with Crippen LogP contribution in [0.4, 0.5) is 4.79 Å². The molecular formula is C15H25NO4S. The third-order valence-corrected chi connectivity index (χ3v) is 2.41. The summed E-state index contributed by atoms with van der Waals surface area (Å²) in [6.07, 6.45) is -0.970. The number of aliphatic hydroxyl groups is 1. The molecule has 21 heavy (non-hydrogen) atoms. The van der Waals surface area contributed by atoms with E-state index in [0.29, 0.717) is 6.61 Å². The molecular weight excluding hydrogens is 290 g/mol. The molecule has 6 heteroatoms. The number of alkyl carbamates (subject to hydrolysis) is 1. The Bertz CT molecular complexity index is 406. The van der Waals surface area contributed by atoms with Gasteiger partial charge in [-0.1, -0.05) is 30.3 Å². The van der Waals surface area contributed by atoms with Crippen LogP contribution < -0.4 is 5.32 Å². The number of hydrogen-bond acceptors (Lipinski definition) is 4. The maximum Gasteiger partial charge on any atom is 0.407 e. The molecule has 2 N–H and O–H groups in total. The number of carbonyl (C=O) groups excluding carboxylic acids is 1. The Labute approximate surface area is 133 Å². The summed E-state index contributed by atoms with van der Waals surface area (Å²) in [6.45, 7) is 5.81. The van der Waals surface area contributed by atoms with E-state index in [1.165, 1.54) is 0 Å². The minimum atomic E-state index is -0.538. The van der Waals surface area contributed by atoms with Gasteiger partial charge in [0.15, 0.2) is 0 Å². The quantitative estimate of drug-likeness (QED) is 0.844. The molecule has 1 aromatic rings. The molecule has 0 heterocycles. The molecule has 1 aromatic carbocycles. The van der Waals surface area contributed by atoms with Crippen molar-refractivity contribution in [3.05, 3.63) is 35.9 Å². The van der Waals surface area contributed by atoms with Gasteiger partial charge in [0.2, 0.25) is 0 Å². The van der Waals surface area contributed by atoms with Crippen molar-refractivity contribution in [1.82, 2.24) is 5.32 Å². The Morgan fingerprint density at radius 1 is 1.29 bits per heavy atom. The van der Waals surface area contributed by atoms with E-state index in [-0.39, 0.29) is 26.6 Å². The first-order valence-electron chi connectivity index (χ1n) is 6.64. The van der Waals surface area contributed by atoms with Gasteiger partial charge in [-0.2, -0.15) is 13.5 Å². The van der Waals surface area contributed by atoms with Gasteiger partial charge >= 0.3 is 6.09 Å². The molecule has 0 bridgehead atoms. The fourth-order valence-corrected chi connectivity index (χ4v) is 1.48. The number of rotatable bonds is 6. The molecule has 0 aliphatic heterocycles. The third-order valence-electron chi connectivity index (χ3n) is 2.41. The standard InChI is InChI=1S/C15H23NO4.H2S/c1-15(2,3)20-14(18)16-9-13(10-17)19-11-12-7-5-4-6-8-12;/h4-8,13,17H,9-11H2,1-3H3,(H,16,18);1H2/t13-;/m0./s1. The number of benzene rings is 1. The molecule has 0 aromatic heterocycles. The Kier molecular flexibility index (Phi) is 9.08. The molecule has 0 spiro atoms. The fourth-order valence-electron chi connectivity index (χ4n) is 1.48. The number of aliphatic hydroxyl groups excluding tert-OH is 1. The summed E-state index contributed by atoms with van der Waals surface area (Å²) in [5.41, 5.74) is 0.479. The average Bonchev–Trinajstić information content (AvgIpc) is 2.38. The molecule has 1 atom stereocenters. The monoisotopic (exact) mass is 315 g/mol. The lowest BCUT2D eigenvalue weighted by atomic mass is 10.2. The van der Waals surface area contributed by atoms with Crippen LogP contribution in [-0.4, -0.2) is 36.1 Å². The van der Waals surface area contributed by atoms with Crippen molar-refractivity contribution in [2.75, 3.05) is 13.2 Å². The molecule has 1 rings (SSSR count). The second-order valence-electron chi connectivity index (χ2n) is 5.48. The van der Waals surface area contributed by atoms with Crippen LogP contribution in [0.5, 0.6) is 0 Å². The van der Waals surface area contributed by atoms with Gasteiger partial charge in [-0.15, -0.1) is 0 Å². The van der Waals surface area contributed by atoms with Crippen molar-refractivity contribution in [3.63, 3.8) is 0 Å². The zero-order chi connectivity index (χ0) is 15.0. The van der Waals surface area contributed by atoms with E-state index >= 15 is 0 Å². The normalized spacial score (nSPS) is 12.2. The van der Waals surface area contributed by atoms with E-state index in [2.05, 4.69) is 5.32 Å². The summed E-state index contributed by atoms with van der Waals surface area (Å²) in [5, 5.41) is 11.8. The smallest absolute Gasteiger partial charge is 0.407 e. The fraction of sp³-hybridized carbons (Fsp3) is 0.533. The highest BCUT2D eigenvalue weighted by Crippen LogP contribution is 2.07. The van der Waals surface area contributed by atoms with Crippen LogP contribution in [0.3, 0.4) is 0 Å². The van der Waals surface area contributed by atoms with Gasteiger partial charge in [0.1, 0.15) is 5.60 Å². The van der Waals surface area contributed by atoms with Crippen LogP contribution in [-0.2, 0) is 16.1 Å². The molecule has 1 amide bonds. The van der Waals surface area contributed by atoms with Crippen LogP contribution in [0.25, 0.3) is 0 Å². The molecule has 0 radical (unpaired) electrons. The number of carbonyl (C=O) groups is 1. The van der Waals surface area contributed by atoms with Crippen molar-refractivity contribution >= 4 is 19.6 Å². The lowest BCUT2D eigenvalue weighted by molar-refractivity contribution is -0.000379. The SMILES string of the molecule is CC(C)(C)OC(=O)NC[C@@H](CO)OCc1ccccc1.S. The first-order chi connectivity index (χ1) is 9.40. The second-order valence-corrected chi connectivity index (χ2v) is 5.48. The summed E-state index contributed by atoms with van der Waals surface area (Å²) in [6, 6.07) is 9.65. The van der Waals surface area contributed by atoms with Crippen molar-refractivity contribution < 1.29 is 19.4 Å². The zero-order valence-corrected chi connectivity index (χ0v) is 13.8. The van der Waals surface area contributed by atoms with Crippen molar-refractivity contribution in [3.8, 4) is 0 Å². The topological polar surface area (TPSA) is 67.8 Å². The van der Waals surface area contributed by atoms with E-state index in [9.17, 15) is 9.90 Å². The summed E-state index contributed by atoms with van der Waals surface area (Å²) in [7, 11) is 0. The minimum Gasteiger partial charge on any atom is -0.444 e. The van der Waals surface area contributed by atoms with Crippen LogP contribution in [0.2, 0.25) is 0 Å². The maximum atomic E-state index is 11.5. The van der Waals surface area contributed by atoms with E-state index < -0.39 is 17.8 Å². The van der Waals surface area contributed by atoms with Crippen molar-refractivity contribution in [1.29, 1.82) is 0 Å². The summed E-state index contributed by atoms with van der Waals surface area (Å²) in [5.74, 6) is 0. The maximum absolute atomic E-state index is 11.5. The van der Waals surface area contributed by atoms with Crippen LogP contribution in [0.1, 0.15) is 26.3 Å². The molecule has 120 valence electrons. The molecule has 0 saturated heterocycles. The Hall–Kier alpha value is -1.24. The molecule has 0 fully saturated rings. The second kappa shape index (κ2) is 9.65. The highest BCUT2D eigenvalue weighted by molar-refractivity contribution is 7.59. The largest absolute Gasteiger partial charge is 0.444 e.